The van der Waals surface area contributed by atoms with Gasteiger partial charge in [-0.05, 0) is 19.8 Å². The van der Waals surface area contributed by atoms with Crippen molar-refractivity contribution in [2.75, 3.05) is 53.0 Å². The van der Waals surface area contributed by atoms with Crippen molar-refractivity contribution in [3.8, 4) is 0 Å². The summed E-state index contributed by atoms with van der Waals surface area (Å²) >= 11 is 0. The summed E-state index contributed by atoms with van der Waals surface area (Å²) in [4.78, 5) is 30.0. The van der Waals surface area contributed by atoms with E-state index in [0.717, 1.165) is 39.0 Å². The standard InChI is InChI=1S/C14H25N3O3/c1-12(14(19)17-5-3-4-6-17)15-7-9-16(10-8-15)13(18)11-20-2/h12H,3-11H2,1-2H3/t12-/m1/s1. The molecule has 2 aliphatic heterocycles. The third kappa shape index (κ3) is 3.49. The zero-order chi connectivity index (χ0) is 14.5. The Balaban J connectivity index is 1.80. The number of carbonyl (C=O) groups excluding carboxylic acids is 2. The Morgan fingerprint density at radius 2 is 1.60 bits per heavy atom. The first-order valence-electron chi connectivity index (χ1n) is 7.43. The van der Waals surface area contributed by atoms with Crippen LogP contribution in [-0.4, -0.2) is 85.5 Å². The van der Waals surface area contributed by atoms with Crippen LogP contribution in [0.25, 0.3) is 0 Å². The van der Waals surface area contributed by atoms with Crippen LogP contribution in [0.1, 0.15) is 19.8 Å². The molecule has 2 amide bonds. The van der Waals surface area contributed by atoms with Gasteiger partial charge >= 0.3 is 0 Å². The van der Waals surface area contributed by atoms with E-state index in [1.807, 2.05) is 16.7 Å². The number of hydrogen-bond donors (Lipinski definition) is 0. The zero-order valence-corrected chi connectivity index (χ0v) is 12.5. The predicted octanol–water partition coefficient (Wildman–Crippen LogP) is -0.212. The number of piperazine rings is 1. The highest BCUT2D eigenvalue weighted by molar-refractivity contribution is 5.82. The molecule has 0 aromatic heterocycles. The number of nitrogens with zero attached hydrogens (tertiary/aromatic N) is 3. The normalized spacial score (nSPS) is 22.1. The lowest BCUT2D eigenvalue weighted by Crippen LogP contribution is -2.55. The quantitative estimate of drug-likeness (QED) is 0.716. The van der Waals surface area contributed by atoms with Gasteiger partial charge in [-0.15, -0.1) is 0 Å². The molecule has 0 saturated carbocycles. The average Bonchev–Trinajstić information content (AvgIpc) is 3.00. The van der Waals surface area contributed by atoms with Crippen LogP contribution in [0.5, 0.6) is 0 Å². The summed E-state index contributed by atoms with van der Waals surface area (Å²) in [6.45, 7) is 6.80. The van der Waals surface area contributed by atoms with Gasteiger partial charge in [0.05, 0.1) is 6.04 Å². The Morgan fingerprint density at radius 3 is 2.15 bits per heavy atom. The molecule has 0 aliphatic carbocycles. The number of rotatable bonds is 4. The first-order valence-corrected chi connectivity index (χ1v) is 7.43. The van der Waals surface area contributed by atoms with Gasteiger partial charge in [-0.2, -0.15) is 0 Å². The summed E-state index contributed by atoms with van der Waals surface area (Å²) in [5.41, 5.74) is 0. The van der Waals surface area contributed by atoms with Crippen LogP contribution in [-0.2, 0) is 14.3 Å². The Bertz CT molecular complexity index is 348. The van der Waals surface area contributed by atoms with E-state index < -0.39 is 0 Å². The van der Waals surface area contributed by atoms with Gasteiger partial charge in [0.1, 0.15) is 6.61 Å². The first kappa shape index (κ1) is 15.3. The molecule has 2 aliphatic rings. The summed E-state index contributed by atoms with van der Waals surface area (Å²) in [5, 5.41) is 0. The van der Waals surface area contributed by atoms with E-state index in [2.05, 4.69) is 4.90 Å². The highest BCUT2D eigenvalue weighted by atomic mass is 16.5. The minimum absolute atomic E-state index is 0.0330. The van der Waals surface area contributed by atoms with Gasteiger partial charge in [0.15, 0.2) is 0 Å². The van der Waals surface area contributed by atoms with Gasteiger partial charge < -0.3 is 14.5 Å². The molecular formula is C14H25N3O3. The monoisotopic (exact) mass is 283 g/mol. The van der Waals surface area contributed by atoms with Gasteiger partial charge in [-0.3, -0.25) is 14.5 Å². The minimum atomic E-state index is -0.0761. The smallest absolute Gasteiger partial charge is 0.248 e. The van der Waals surface area contributed by atoms with Crippen LogP contribution >= 0.6 is 0 Å². The Hall–Kier alpha value is -1.14. The maximum Gasteiger partial charge on any atom is 0.248 e. The summed E-state index contributed by atoms with van der Waals surface area (Å²) in [7, 11) is 1.53. The Labute approximate surface area is 120 Å². The molecular weight excluding hydrogens is 258 g/mol. The van der Waals surface area contributed by atoms with Crippen LogP contribution in [0.15, 0.2) is 0 Å². The highest BCUT2D eigenvalue weighted by Gasteiger charge is 2.30. The number of ether oxygens (including phenoxy) is 1. The highest BCUT2D eigenvalue weighted by Crippen LogP contribution is 2.13. The van der Waals surface area contributed by atoms with Crippen molar-refractivity contribution in [3.63, 3.8) is 0 Å². The lowest BCUT2D eigenvalue weighted by atomic mass is 10.2. The number of likely N-dealkylation sites (tertiary alicyclic amines) is 1. The van der Waals surface area contributed by atoms with Gasteiger partial charge in [0, 0.05) is 46.4 Å². The lowest BCUT2D eigenvalue weighted by Gasteiger charge is -2.38. The fourth-order valence-corrected chi connectivity index (χ4v) is 2.93. The molecule has 2 heterocycles. The molecule has 6 nitrogen and oxygen atoms in total. The summed E-state index contributed by atoms with van der Waals surface area (Å²) in [5.74, 6) is 0.268. The zero-order valence-electron chi connectivity index (χ0n) is 12.5. The van der Waals surface area contributed by atoms with Gasteiger partial charge in [0.2, 0.25) is 11.8 Å². The number of methoxy groups -OCH3 is 1. The van der Waals surface area contributed by atoms with E-state index in [9.17, 15) is 9.59 Å². The van der Waals surface area contributed by atoms with E-state index in [1.165, 1.54) is 7.11 Å². The third-order valence-electron chi connectivity index (χ3n) is 4.26. The van der Waals surface area contributed by atoms with Crippen molar-refractivity contribution in [2.45, 2.75) is 25.8 Å². The van der Waals surface area contributed by atoms with Crippen molar-refractivity contribution >= 4 is 11.8 Å². The van der Waals surface area contributed by atoms with Crippen molar-refractivity contribution in [3.05, 3.63) is 0 Å². The summed E-state index contributed by atoms with van der Waals surface area (Å²) in [6, 6.07) is -0.0761. The van der Waals surface area contributed by atoms with Crippen LogP contribution in [0.2, 0.25) is 0 Å². The number of carbonyl (C=O) groups is 2. The Morgan fingerprint density at radius 1 is 1.00 bits per heavy atom. The molecule has 2 saturated heterocycles. The number of hydrogen-bond acceptors (Lipinski definition) is 4. The second-order valence-corrected chi connectivity index (χ2v) is 5.56. The molecule has 0 aromatic rings. The molecule has 20 heavy (non-hydrogen) atoms. The number of amides is 2. The molecule has 2 rings (SSSR count). The van der Waals surface area contributed by atoms with Crippen LogP contribution in [0, 0.1) is 0 Å². The van der Waals surface area contributed by atoms with Crippen molar-refractivity contribution in [2.24, 2.45) is 0 Å². The predicted molar refractivity (Wildman–Crippen MR) is 75.3 cm³/mol. The SMILES string of the molecule is COCC(=O)N1CCN([C@H](C)C(=O)N2CCCC2)CC1. The van der Waals surface area contributed by atoms with Crippen LogP contribution < -0.4 is 0 Å². The van der Waals surface area contributed by atoms with Crippen molar-refractivity contribution < 1.29 is 14.3 Å². The molecule has 0 spiro atoms. The lowest BCUT2D eigenvalue weighted by molar-refractivity contribution is -0.139. The third-order valence-corrected chi connectivity index (χ3v) is 4.26. The largest absolute Gasteiger partial charge is 0.375 e. The second kappa shape index (κ2) is 7.04. The fraction of sp³-hybridized carbons (Fsp3) is 0.857. The molecule has 1 atom stereocenters. The molecule has 0 bridgehead atoms. The van der Waals surface area contributed by atoms with Crippen LogP contribution in [0.3, 0.4) is 0 Å². The molecule has 0 aromatic carbocycles. The summed E-state index contributed by atoms with van der Waals surface area (Å²) in [6.07, 6.45) is 2.25. The second-order valence-electron chi connectivity index (χ2n) is 5.56. The van der Waals surface area contributed by atoms with Gasteiger partial charge in [0.25, 0.3) is 0 Å². The molecule has 0 N–H and O–H groups in total. The topological polar surface area (TPSA) is 53.1 Å². The van der Waals surface area contributed by atoms with Crippen molar-refractivity contribution in [1.29, 1.82) is 0 Å². The average molecular weight is 283 g/mol. The molecule has 0 radical (unpaired) electrons. The molecule has 0 unspecified atom stereocenters. The summed E-state index contributed by atoms with van der Waals surface area (Å²) < 4.78 is 4.87. The van der Waals surface area contributed by atoms with E-state index in [4.69, 9.17) is 4.74 Å². The van der Waals surface area contributed by atoms with Gasteiger partial charge in [-0.1, -0.05) is 0 Å². The van der Waals surface area contributed by atoms with E-state index >= 15 is 0 Å². The first-order chi connectivity index (χ1) is 9.63. The van der Waals surface area contributed by atoms with Crippen LogP contribution in [0.4, 0.5) is 0 Å². The molecule has 6 heteroatoms. The molecule has 114 valence electrons. The van der Waals surface area contributed by atoms with E-state index in [0.29, 0.717) is 13.1 Å². The maximum atomic E-state index is 12.3. The minimum Gasteiger partial charge on any atom is -0.375 e. The van der Waals surface area contributed by atoms with Gasteiger partial charge in [-0.25, -0.2) is 0 Å². The van der Waals surface area contributed by atoms with Crippen molar-refractivity contribution in [1.82, 2.24) is 14.7 Å². The molecule has 2 fully saturated rings. The fourth-order valence-electron chi connectivity index (χ4n) is 2.93. The van der Waals surface area contributed by atoms with E-state index in [1.54, 1.807) is 0 Å². The maximum absolute atomic E-state index is 12.3. The van der Waals surface area contributed by atoms with E-state index in [-0.39, 0.29) is 24.5 Å². The Kier molecular flexibility index (Phi) is 5.37.